The molecule has 2 heteroatoms. The van der Waals surface area contributed by atoms with Crippen LogP contribution in [0, 0.1) is 5.92 Å². The third kappa shape index (κ3) is 5.31. The number of aliphatic hydroxyl groups is 1. The van der Waals surface area contributed by atoms with Crippen LogP contribution in [-0.4, -0.2) is 35.7 Å². The summed E-state index contributed by atoms with van der Waals surface area (Å²) in [7, 11) is 0. The smallest absolute Gasteiger partial charge is 0.0590 e. The Bertz CT molecular complexity index is 172. The van der Waals surface area contributed by atoms with Crippen LogP contribution in [-0.2, 0) is 0 Å². The highest BCUT2D eigenvalue weighted by atomic mass is 16.3. The Morgan fingerprint density at radius 3 is 2.50 bits per heavy atom. The summed E-state index contributed by atoms with van der Waals surface area (Å²) in [5, 5.41) is 9.64. The van der Waals surface area contributed by atoms with E-state index in [9.17, 15) is 5.11 Å². The van der Waals surface area contributed by atoms with Crippen LogP contribution < -0.4 is 0 Å². The van der Waals surface area contributed by atoms with E-state index in [1.165, 1.54) is 45.1 Å². The molecule has 0 aromatic rings. The Kier molecular flexibility index (Phi) is 7.06. The highest BCUT2D eigenvalue weighted by Gasteiger charge is 2.23. The quantitative estimate of drug-likeness (QED) is 0.676. The van der Waals surface area contributed by atoms with Gasteiger partial charge in [0.15, 0.2) is 0 Å². The molecule has 2 nitrogen and oxygen atoms in total. The van der Waals surface area contributed by atoms with E-state index in [1.54, 1.807) is 0 Å². The van der Waals surface area contributed by atoms with Crippen LogP contribution in [0.1, 0.15) is 58.8 Å². The summed E-state index contributed by atoms with van der Waals surface area (Å²) in [4.78, 5) is 2.53. The predicted octanol–water partition coefficient (Wildman–Crippen LogP) is 3.05. The molecule has 0 radical (unpaired) electrons. The topological polar surface area (TPSA) is 23.5 Å². The molecule has 0 aliphatic carbocycles. The number of hydrogen-bond donors (Lipinski definition) is 1. The normalized spacial score (nSPS) is 27.2. The van der Waals surface area contributed by atoms with Crippen LogP contribution in [0.2, 0.25) is 0 Å². The van der Waals surface area contributed by atoms with Crippen LogP contribution >= 0.6 is 0 Å². The SMILES string of the molecule is CCCCCCCCN1CCC(O)C(C)C1. The van der Waals surface area contributed by atoms with Gasteiger partial charge in [0.05, 0.1) is 6.10 Å². The van der Waals surface area contributed by atoms with E-state index < -0.39 is 0 Å². The maximum atomic E-state index is 9.64. The van der Waals surface area contributed by atoms with Gasteiger partial charge in [-0.3, -0.25) is 0 Å². The third-order valence-electron chi connectivity index (χ3n) is 3.77. The Morgan fingerprint density at radius 1 is 1.12 bits per heavy atom. The van der Waals surface area contributed by atoms with Crippen molar-refractivity contribution in [2.75, 3.05) is 19.6 Å². The van der Waals surface area contributed by atoms with Crippen molar-refractivity contribution in [2.24, 2.45) is 5.92 Å². The molecule has 0 saturated carbocycles. The molecule has 1 aliphatic heterocycles. The second kappa shape index (κ2) is 8.08. The molecule has 0 amide bonds. The van der Waals surface area contributed by atoms with Crippen molar-refractivity contribution in [3.63, 3.8) is 0 Å². The van der Waals surface area contributed by atoms with Crippen molar-refractivity contribution >= 4 is 0 Å². The number of nitrogens with zero attached hydrogens (tertiary/aromatic N) is 1. The van der Waals surface area contributed by atoms with Crippen LogP contribution in [0.25, 0.3) is 0 Å². The lowest BCUT2D eigenvalue weighted by Gasteiger charge is -2.34. The molecule has 1 heterocycles. The molecule has 1 rings (SSSR count). The number of hydrogen-bond acceptors (Lipinski definition) is 2. The van der Waals surface area contributed by atoms with E-state index >= 15 is 0 Å². The Morgan fingerprint density at radius 2 is 1.81 bits per heavy atom. The van der Waals surface area contributed by atoms with E-state index in [1.807, 2.05) is 0 Å². The molecule has 0 aromatic heterocycles. The van der Waals surface area contributed by atoms with Gasteiger partial charge in [0.1, 0.15) is 0 Å². The zero-order valence-electron chi connectivity index (χ0n) is 11.1. The fourth-order valence-electron chi connectivity index (χ4n) is 2.54. The second-order valence-corrected chi connectivity index (χ2v) is 5.40. The van der Waals surface area contributed by atoms with Crippen LogP contribution in [0.5, 0.6) is 0 Å². The maximum Gasteiger partial charge on any atom is 0.0590 e. The van der Waals surface area contributed by atoms with Crippen molar-refractivity contribution in [3.05, 3.63) is 0 Å². The van der Waals surface area contributed by atoms with Gasteiger partial charge in [0.25, 0.3) is 0 Å². The van der Waals surface area contributed by atoms with Crippen LogP contribution in [0.3, 0.4) is 0 Å². The molecular formula is C14H29NO. The van der Waals surface area contributed by atoms with Crippen LogP contribution in [0.15, 0.2) is 0 Å². The standard InChI is InChI=1S/C14H29NO/c1-3-4-5-6-7-8-10-15-11-9-14(16)13(2)12-15/h13-14,16H,3-12H2,1-2H3. The van der Waals surface area contributed by atoms with Crippen molar-refractivity contribution in [3.8, 4) is 0 Å². The number of unbranched alkanes of at least 4 members (excludes halogenated alkanes) is 5. The zero-order chi connectivity index (χ0) is 11.8. The molecule has 1 fully saturated rings. The van der Waals surface area contributed by atoms with Gasteiger partial charge in [-0.05, 0) is 25.3 Å². The average Bonchev–Trinajstić information content (AvgIpc) is 2.28. The summed E-state index contributed by atoms with van der Waals surface area (Å²) < 4.78 is 0. The van der Waals surface area contributed by atoms with Gasteiger partial charge in [-0.15, -0.1) is 0 Å². The lowest BCUT2D eigenvalue weighted by molar-refractivity contribution is 0.0345. The minimum Gasteiger partial charge on any atom is -0.393 e. The molecule has 1 saturated heterocycles. The van der Waals surface area contributed by atoms with Crippen molar-refractivity contribution < 1.29 is 5.11 Å². The summed E-state index contributed by atoms with van der Waals surface area (Å²) in [5.74, 6) is 0.467. The molecule has 1 aliphatic rings. The fraction of sp³-hybridized carbons (Fsp3) is 1.00. The van der Waals surface area contributed by atoms with E-state index in [0.717, 1.165) is 19.5 Å². The first kappa shape index (κ1) is 14.0. The third-order valence-corrected chi connectivity index (χ3v) is 3.77. The first-order chi connectivity index (χ1) is 7.74. The van der Waals surface area contributed by atoms with E-state index in [4.69, 9.17) is 0 Å². The van der Waals surface area contributed by atoms with Crippen molar-refractivity contribution in [2.45, 2.75) is 64.9 Å². The molecular weight excluding hydrogens is 198 g/mol. The Hall–Kier alpha value is -0.0800. The molecule has 96 valence electrons. The second-order valence-electron chi connectivity index (χ2n) is 5.40. The van der Waals surface area contributed by atoms with Gasteiger partial charge in [0, 0.05) is 13.1 Å². The first-order valence-electron chi connectivity index (χ1n) is 7.14. The zero-order valence-corrected chi connectivity index (χ0v) is 11.1. The van der Waals surface area contributed by atoms with Crippen molar-refractivity contribution in [1.82, 2.24) is 4.90 Å². The summed E-state index contributed by atoms with van der Waals surface area (Å²) in [5.41, 5.74) is 0. The molecule has 2 unspecified atom stereocenters. The summed E-state index contributed by atoms with van der Waals surface area (Å²) in [6.45, 7) is 7.86. The number of piperidine rings is 1. The van der Waals surface area contributed by atoms with Gasteiger partial charge in [-0.1, -0.05) is 46.0 Å². The monoisotopic (exact) mass is 227 g/mol. The number of aliphatic hydroxyl groups excluding tert-OH is 1. The van der Waals surface area contributed by atoms with E-state index in [2.05, 4.69) is 18.7 Å². The molecule has 2 atom stereocenters. The molecule has 0 bridgehead atoms. The predicted molar refractivity (Wildman–Crippen MR) is 69.6 cm³/mol. The average molecular weight is 227 g/mol. The van der Waals surface area contributed by atoms with Gasteiger partial charge in [-0.2, -0.15) is 0 Å². The van der Waals surface area contributed by atoms with E-state index in [0.29, 0.717) is 5.92 Å². The molecule has 0 aromatic carbocycles. The first-order valence-corrected chi connectivity index (χ1v) is 7.14. The summed E-state index contributed by atoms with van der Waals surface area (Å²) >= 11 is 0. The highest BCUT2D eigenvalue weighted by Crippen LogP contribution is 2.17. The highest BCUT2D eigenvalue weighted by molar-refractivity contribution is 4.76. The minimum absolute atomic E-state index is 0.0548. The van der Waals surface area contributed by atoms with E-state index in [-0.39, 0.29) is 6.10 Å². The molecule has 1 N–H and O–H groups in total. The van der Waals surface area contributed by atoms with Gasteiger partial charge >= 0.3 is 0 Å². The lowest BCUT2D eigenvalue weighted by atomic mass is 9.96. The molecule has 16 heavy (non-hydrogen) atoms. The van der Waals surface area contributed by atoms with Gasteiger partial charge < -0.3 is 10.0 Å². The number of likely N-dealkylation sites (tertiary alicyclic amines) is 1. The van der Waals surface area contributed by atoms with Crippen molar-refractivity contribution in [1.29, 1.82) is 0 Å². The largest absolute Gasteiger partial charge is 0.393 e. The molecule has 0 spiro atoms. The minimum atomic E-state index is -0.0548. The Labute approximate surface area is 101 Å². The van der Waals surface area contributed by atoms with Crippen LogP contribution in [0.4, 0.5) is 0 Å². The van der Waals surface area contributed by atoms with Gasteiger partial charge in [0.2, 0.25) is 0 Å². The Balaban J connectivity index is 1.97. The summed E-state index contributed by atoms with van der Waals surface area (Å²) in [6.07, 6.45) is 9.18. The summed E-state index contributed by atoms with van der Waals surface area (Å²) in [6, 6.07) is 0. The lowest BCUT2D eigenvalue weighted by Crippen LogP contribution is -2.42. The maximum absolute atomic E-state index is 9.64. The number of rotatable bonds is 7. The fourth-order valence-corrected chi connectivity index (χ4v) is 2.54. The van der Waals surface area contributed by atoms with Gasteiger partial charge in [-0.25, -0.2) is 0 Å².